The minimum Gasteiger partial charge on any atom is -0.488 e. The third-order valence-corrected chi connectivity index (χ3v) is 5.42. The van der Waals surface area contributed by atoms with Crippen molar-refractivity contribution in [1.82, 2.24) is 0 Å². The molecule has 142 valence electrons. The largest absolute Gasteiger partial charge is 0.488 e. The molecular weight excluding hydrogens is 344 g/mol. The Bertz CT molecular complexity index is 1040. The van der Waals surface area contributed by atoms with Crippen molar-refractivity contribution in [3.8, 4) is 11.5 Å². The normalized spacial score (nSPS) is 22.8. The summed E-state index contributed by atoms with van der Waals surface area (Å²) in [5.41, 5.74) is 1.26. The van der Waals surface area contributed by atoms with Crippen molar-refractivity contribution in [1.29, 1.82) is 0 Å². The second-order valence-corrected chi connectivity index (χ2v) is 8.01. The molecule has 0 aliphatic carbocycles. The van der Waals surface area contributed by atoms with Crippen molar-refractivity contribution in [3.05, 3.63) is 39.3 Å². The highest BCUT2D eigenvalue weighted by Crippen LogP contribution is 2.49. The molecule has 5 nitrogen and oxygen atoms in total. The summed E-state index contributed by atoms with van der Waals surface area (Å²) < 4.78 is 18.0. The molecule has 0 saturated carbocycles. The van der Waals surface area contributed by atoms with Crippen molar-refractivity contribution in [2.75, 3.05) is 0 Å². The summed E-state index contributed by atoms with van der Waals surface area (Å²) >= 11 is 0. The summed E-state index contributed by atoms with van der Waals surface area (Å²) in [6.45, 7) is 9.70. The molecule has 1 aromatic heterocycles. The number of ether oxygens (including phenoxy) is 2. The van der Waals surface area contributed by atoms with Crippen LogP contribution in [0.25, 0.3) is 17.0 Å². The van der Waals surface area contributed by atoms with Crippen molar-refractivity contribution >= 4 is 22.8 Å². The van der Waals surface area contributed by atoms with E-state index in [2.05, 4.69) is 0 Å². The van der Waals surface area contributed by atoms with Crippen molar-refractivity contribution in [2.24, 2.45) is 5.92 Å². The van der Waals surface area contributed by atoms with Gasteiger partial charge >= 0.3 is 5.63 Å². The molecule has 0 unspecified atom stereocenters. The van der Waals surface area contributed by atoms with Crippen LogP contribution in [0.2, 0.25) is 0 Å². The van der Waals surface area contributed by atoms with Gasteiger partial charge in [-0.2, -0.15) is 0 Å². The molecule has 2 aliphatic heterocycles. The van der Waals surface area contributed by atoms with Crippen LogP contribution in [0.1, 0.15) is 62.5 Å². The van der Waals surface area contributed by atoms with Gasteiger partial charge in [-0.15, -0.1) is 0 Å². The quantitative estimate of drug-likeness (QED) is 0.729. The molecular formula is C22H24O5. The Morgan fingerprint density at radius 2 is 1.89 bits per heavy atom. The monoisotopic (exact) mass is 368 g/mol. The van der Waals surface area contributed by atoms with Crippen molar-refractivity contribution in [3.63, 3.8) is 0 Å². The van der Waals surface area contributed by atoms with Crippen LogP contribution in [-0.4, -0.2) is 17.5 Å². The first kappa shape index (κ1) is 17.8. The Hall–Kier alpha value is -2.56. The van der Waals surface area contributed by atoms with E-state index >= 15 is 0 Å². The first-order valence-corrected chi connectivity index (χ1v) is 9.49. The van der Waals surface area contributed by atoms with E-state index in [-0.39, 0.29) is 23.4 Å². The van der Waals surface area contributed by atoms with E-state index in [4.69, 9.17) is 13.9 Å². The van der Waals surface area contributed by atoms with E-state index in [0.29, 0.717) is 28.9 Å². The maximum absolute atomic E-state index is 13.1. The molecule has 27 heavy (non-hydrogen) atoms. The fourth-order valence-corrected chi connectivity index (χ4v) is 3.82. The van der Waals surface area contributed by atoms with Gasteiger partial charge in [-0.1, -0.05) is 20.3 Å². The zero-order valence-corrected chi connectivity index (χ0v) is 16.3. The predicted octanol–water partition coefficient (Wildman–Crippen LogP) is 4.53. The molecule has 3 heterocycles. The summed E-state index contributed by atoms with van der Waals surface area (Å²) in [6.07, 6.45) is 5.20. The van der Waals surface area contributed by atoms with Crippen molar-refractivity contribution < 1.29 is 18.7 Å². The molecule has 0 spiro atoms. The number of ketones is 1. The lowest BCUT2D eigenvalue weighted by molar-refractivity contribution is 0.0728. The number of hydrogen-bond donors (Lipinski definition) is 0. The number of rotatable bonds is 2. The Labute approximate surface area is 158 Å². The van der Waals surface area contributed by atoms with Gasteiger partial charge in [0.25, 0.3) is 0 Å². The van der Waals surface area contributed by atoms with Crippen LogP contribution in [0.5, 0.6) is 11.5 Å². The Kier molecular flexibility index (Phi) is 3.95. The molecule has 0 amide bonds. The molecule has 0 saturated heterocycles. The number of aryl methyl sites for hydroxylation is 1. The lowest BCUT2D eigenvalue weighted by Crippen LogP contribution is -2.35. The van der Waals surface area contributed by atoms with Gasteiger partial charge in [0.1, 0.15) is 28.8 Å². The van der Waals surface area contributed by atoms with Gasteiger partial charge < -0.3 is 13.9 Å². The summed E-state index contributed by atoms with van der Waals surface area (Å²) in [6, 6.07) is 1.51. The molecule has 0 N–H and O–H groups in total. The maximum atomic E-state index is 13.1. The molecule has 0 radical (unpaired) electrons. The van der Waals surface area contributed by atoms with E-state index in [9.17, 15) is 9.59 Å². The fraction of sp³-hybridized carbons (Fsp3) is 0.455. The van der Waals surface area contributed by atoms with Crippen LogP contribution in [0.3, 0.4) is 0 Å². The smallest absolute Gasteiger partial charge is 0.336 e. The lowest BCUT2D eigenvalue weighted by atomic mass is 9.86. The highest BCUT2D eigenvalue weighted by Gasteiger charge is 2.39. The van der Waals surface area contributed by atoms with Gasteiger partial charge in [-0.3, -0.25) is 4.79 Å². The van der Waals surface area contributed by atoms with Crippen LogP contribution < -0.4 is 15.1 Å². The molecule has 2 atom stereocenters. The summed E-state index contributed by atoms with van der Waals surface area (Å²) in [5.74, 6) is 0.699. The standard InChI is InChI=1S/C22H24O5/c1-6-7-13-10-15(23)26-21-16(13)20-14(8-9-22(4,5)27-20)19-17(21)18(24)11(2)12(3)25-19/h8-12H,6-7H2,1-5H3/t11-,12+/m1/s1. The van der Waals surface area contributed by atoms with E-state index in [1.165, 1.54) is 6.07 Å². The average molecular weight is 368 g/mol. The summed E-state index contributed by atoms with van der Waals surface area (Å²) in [4.78, 5) is 25.4. The van der Waals surface area contributed by atoms with Gasteiger partial charge in [0.2, 0.25) is 0 Å². The number of carbonyl (C=O) groups excluding carboxylic acids is 1. The van der Waals surface area contributed by atoms with Gasteiger partial charge in [0.15, 0.2) is 11.4 Å². The highest BCUT2D eigenvalue weighted by atomic mass is 16.5. The van der Waals surface area contributed by atoms with Crippen LogP contribution >= 0.6 is 0 Å². The second kappa shape index (κ2) is 5.98. The lowest BCUT2D eigenvalue weighted by Gasteiger charge is -2.34. The zero-order chi connectivity index (χ0) is 19.5. The number of hydrogen-bond acceptors (Lipinski definition) is 5. The Balaban J connectivity index is 2.18. The topological polar surface area (TPSA) is 65.7 Å². The molecule has 2 aliphatic rings. The molecule has 2 aromatic rings. The number of carbonyl (C=O) groups is 1. The van der Waals surface area contributed by atoms with E-state index in [0.717, 1.165) is 17.5 Å². The van der Waals surface area contributed by atoms with Crippen LogP contribution in [-0.2, 0) is 6.42 Å². The van der Waals surface area contributed by atoms with Gasteiger partial charge in [-0.25, -0.2) is 4.79 Å². The first-order chi connectivity index (χ1) is 12.7. The molecule has 1 aromatic carbocycles. The van der Waals surface area contributed by atoms with Crippen LogP contribution in [0.4, 0.5) is 0 Å². The SMILES string of the molecule is CCCc1cc(=O)oc2c3c(c4c(c12)OC(C)(C)C=C4)O[C@@H](C)[C@@H](C)C3=O. The first-order valence-electron chi connectivity index (χ1n) is 9.49. The third-order valence-electron chi connectivity index (χ3n) is 5.42. The van der Waals surface area contributed by atoms with Gasteiger partial charge in [0, 0.05) is 6.07 Å². The summed E-state index contributed by atoms with van der Waals surface area (Å²) in [5, 5.41) is 0.710. The molecule has 4 rings (SSSR count). The number of Topliss-reactive ketones (excluding diaryl/α,β-unsaturated/α-hetero) is 1. The van der Waals surface area contributed by atoms with Crippen LogP contribution in [0.15, 0.2) is 21.4 Å². The number of benzene rings is 1. The maximum Gasteiger partial charge on any atom is 0.336 e. The second-order valence-electron chi connectivity index (χ2n) is 8.01. The summed E-state index contributed by atoms with van der Waals surface area (Å²) in [7, 11) is 0. The van der Waals surface area contributed by atoms with E-state index < -0.39 is 11.2 Å². The van der Waals surface area contributed by atoms with Crippen LogP contribution in [0, 0.1) is 5.92 Å². The Morgan fingerprint density at radius 3 is 2.59 bits per heavy atom. The zero-order valence-electron chi connectivity index (χ0n) is 16.3. The van der Waals surface area contributed by atoms with E-state index in [1.54, 1.807) is 0 Å². The molecule has 0 fully saturated rings. The minimum absolute atomic E-state index is 0.0633. The van der Waals surface area contributed by atoms with Crippen molar-refractivity contribution in [2.45, 2.75) is 59.2 Å². The molecule has 0 bridgehead atoms. The predicted molar refractivity (Wildman–Crippen MR) is 104 cm³/mol. The fourth-order valence-electron chi connectivity index (χ4n) is 3.82. The molecule has 5 heteroatoms. The van der Waals surface area contributed by atoms with E-state index in [1.807, 2.05) is 46.8 Å². The number of fused-ring (bicyclic) bond motifs is 6. The highest BCUT2D eigenvalue weighted by molar-refractivity contribution is 6.14. The van der Waals surface area contributed by atoms with Gasteiger partial charge in [-0.05, 0) is 44.9 Å². The Morgan fingerprint density at radius 1 is 1.15 bits per heavy atom. The average Bonchev–Trinajstić information content (AvgIpc) is 2.58. The third kappa shape index (κ3) is 2.68. The minimum atomic E-state index is -0.509. The van der Waals surface area contributed by atoms with Gasteiger partial charge in [0.05, 0.1) is 16.9 Å².